The molecule has 2 aromatic carbocycles. The van der Waals surface area contributed by atoms with Crippen LogP contribution >= 0.6 is 0 Å². The number of nitrogens with zero attached hydrogens (tertiary/aromatic N) is 2. The number of aryl methyl sites for hydroxylation is 2. The Kier molecular flexibility index (Phi) is 4.61. The normalized spacial score (nSPS) is 12.1. The number of aromatic amines is 1. The number of hydrogen-bond acceptors (Lipinski definition) is 4. The van der Waals surface area contributed by atoms with E-state index in [1.54, 1.807) is 18.0 Å². The van der Waals surface area contributed by atoms with Gasteiger partial charge in [0.2, 0.25) is 0 Å². The summed E-state index contributed by atoms with van der Waals surface area (Å²) in [5, 5.41) is 8.80. The van der Waals surface area contributed by atoms with Crippen molar-refractivity contribution in [1.82, 2.24) is 14.8 Å². The molecule has 142 valence electrons. The second kappa shape index (κ2) is 7.23. The Morgan fingerprint density at radius 2 is 2.00 bits per heavy atom. The molecule has 2 aromatic heterocycles. The van der Waals surface area contributed by atoms with Crippen LogP contribution in [0.4, 0.5) is 5.69 Å². The number of benzene rings is 2. The molecule has 0 aliphatic heterocycles. The predicted molar refractivity (Wildman–Crippen MR) is 110 cm³/mol. The van der Waals surface area contributed by atoms with Gasteiger partial charge in [0.25, 0.3) is 0 Å². The molecule has 0 spiro atoms. The van der Waals surface area contributed by atoms with E-state index in [4.69, 9.17) is 4.74 Å². The maximum absolute atomic E-state index is 13.5. The van der Waals surface area contributed by atoms with Gasteiger partial charge in [-0.1, -0.05) is 24.3 Å². The van der Waals surface area contributed by atoms with Gasteiger partial charge in [-0.25, -0.2) is 0 Å². The van der Waals surface area contributed by atoms with Gasteiger partial charge >= 0.3 is 0 Å². The van der Waals surface area contributed by atoms with Crippen molar-refractivity contribution < 1.29 is 9.53 Å². The lowest BCUT2D eigenvalue weighted by Crippen LogP contribution is -2.22. The molecule has 0 radical (unpaired) electrons. The summed E-state index contributed by atoms with van der Waals surface area (Å²) in [4.78, 5) is 16.7. The molecule has 0 amide bonds. The minimum atomic E-state index is -0.619. The first kappa shape index (κ1) is 17.9. The number of ether oxygens (including phenoxy) is 1. The molecule has 2 heterocycles. The van der Waals surface area contributed by atoms with Gasteiger partial charge in [0.1, 0.15) is 11.8 Å². The van der Waals surface area contributed by atoms with E-state index in [1.807, 2.05) is 68.6 Å². The zero-order valence-electron chi connectivity index (χ0n) is 16.1. The lowest BCUT2D eigenvalue weighted by atomic mass is 10.0. The Morgan fingerprint density at radius 1 is 1.18 bits per heavy atom. The molecule has 4 rings (SSSR count). The highest BCUT2D eigenvalue weighted by atomic mass is 16.5. The molecular formula is C22H22N4O2. The summed E-state index contributed by atoms with van der Waals surface area (Å²) in [7, 11) is 3.49. The molecule has 0 aliphatic rings. The minimum Gasteiger partial charge on any atom is -0.497 e. The molecule has 4 aromatic rings. The van der Waals surface area contributed by atoms with Crippen LogP contribution in [0, 0.1) is 6.92 Å². The van der Waals surface area contributed by atoms with Gasteiger partial charge in [-0.2, -0.15) is 5.10 Å². The molecule has 0 fully saturated rings. The second-order valence-electron chi connectivity index (χ2n) is 6.76. The van der Waals surface area contributed by atoms with Gasteiger partial charge in [0, 0.05) is 47.2 Å². The quantitative estimate of drug-likeness (QED) is 0.495. The topological polar surface area (TPSA) is 71.9 Å². The lowest BCUT2D eigenvalue weighted by molar-refractivity contribution is 0.0969. The zero-order valence-corrected chi connectivity index (χ0v) is 16.1. The largest absolute Gasteiger partial charge is 0.497 e. The van der Waals surface area contributed by atoms with Crippen molar-refractivity contribution in [3.63, 3.8) is 0 Å². The Balaban J connectivity index is 1.76. The fourth-order valence-electron chi connectivity index (χ4n) is 3.31. The maximum Gasteiger partial charge on any atom is 0.193 e. The number of carbonyl (C=O) groups is 1. The molecule has 0 aliphatic carbocycles. The molecular weight excluding hydrogens is 352 g/mol. The number of H-pyrrole nitrogens is 1. The molecule has 6 heteroatoms. The molecule has 28 heavy (non-hydrogen) atoms. The minimum absolute atomic E-state index is 0.0432. The van der Waals surface area contributed by atoms with E-state index in [9.17, 15) is 4.79 Å². The molecule has 1 atom stereocenters. The van der Waals surface area contributed by atoms with Crippen molar-refractivity contribution >= 4 is 22.4 Å². The summed E-state index contributed by atoms with van der Waals surface area (Å²) in [5.41, 5.74) is 4.03. The number of methoxy groups -OCH3 is 1. The smallest absolute Gasteiger partial charge is 0.193 e. The van der Waals surface area contributed by atoms with Crippen LogP contribution in [-0.4, -0.2) is 27.7 Å². The van der Waals surface area contributed by atoms with Crippen molar-refractivity contribution in [3.05, 3.63) is 77.7 Å². The molecule has 2 N–H and O–H groups in total. The molecule has 0 saturated carbocycles. The SMILES string of the molecule is COc1cccc(NC(C(=O)c2c[nH]c3ccccc23)c2cc(C)n(C)n2)c1. The van der Waals surface area contributed by atoms with Crippen molar-refractivity contribution in [3.8, 4) is 5.75 Å². The Labute approximate surface area is 163 Å². The third-order valence-electron chi connectivity index (χ3n) is 4.93. The number of para-hydroxylation sites is 1. The van der Waals surface area contributed by atoms with E-state index >= 15 is 0 Å². The summed E-state index contributed by atoms with van der Waals surface area (Å²) in [6.45, 7) is 1.97. The molecule has 6 nitrogen and oxygen atoms in total. The van der Waals surface area contributed by atoms with Crippen LogP contribution in [0.2, 0.25) is 0 Å². The fraction of sp³-hybridized carbons (Fsp3) is 0.182. The van der Waals surface area contributed by atoms with Crippen molar-refractivity contribution in [2.24, 2.45) is 7.05 Å². The molecule has 0 bridgehead atoms. The maximum atomic E-state index is 13.5. The van der Waals surface area contributed by atoms with Crippen LogP contribution in [-0.2, 0) is 7.05 Å². The molecule has 0 saturated heterocycles. The van der Waals surface area contributed by atoms with Crippen molar-refractivity contribution in [2.75, 3.05) is 12.4 Å². The second-order valence-corrected chi connectivity index (χ2v) is 6.76. The van der Waals surface area contributed by atoms with Gasteiger partial charge < -0.3 is 15.0 Å². The number of hydrogen-bond donors (Lipinski definition) is 2. The number of rotatable bonds is 6. The lowest BCUT2D eigenvalue weighted by Gasteiger charge is -2.17. The number of fused-ring (bicyclic) bond motifs is 1. The summed E-state index contributed by atoms with van der Waals surface area (Å²) in [5.74, 6) is 0.680. The van der Waals surface area contributed by atoms with E-state index in [0.29, 0.717) is 11.3 Å². The first-order valence-corrected chi connectivity index (χ1v) is 9.08. The number of Topliss-reactive ketones (excluding diaryl/α,β-unsaturated/α-hetero) is 1. The number of aromatic nitrogens is 3. The monoisotopic (exact) mass is 374 g/mol. The van der Waals surface area contributed by atoms with E-state index in [2.05, 4.69) is 15.4 Å². The van der Waals surface area contributed by atoms with E-state index < -0.39 is 6.04 Å². The Morgan fingerprint density at radius 3 is 2.75 bits per heavy atom. The highest BCUT2D eigenvalue weighted by Crippen LogP contribution is 2.28. The van der Waals surface area contributed by atoms with E-state index in [1.165, 1.54) is 0 Å². The summed E-state index contributed by atoms with van der Waals surface area (Å²) in [6, 6.07) is 16.6. The number of nitrogens with one attached hydrogen (secondary N) is 2. The van der Waals surface area contributed by atoms with Gasteiger partial charge in [-0.3, -0.25) is 9.48 Å². The van der Waals surface area contributed by atoms with Crippen LogP contribution in [0.25, 0.3) is 10.9 Å². The average molecular weight is 374 g/mol. The summed E-state index contributed by atoms with van der Waals surface area (Å²) in [6.07, 6.45) is 1.77. The van der Waals surface area contributed by atoms with Crippen molar-refractivity contribution in [1.29, 1.82) is 0 Å². The zero-order chi connectivity index (χ0) is 19.7. The first-order chi connectivity index (χ1) is 13.6. The van der Waals surface area contributed by atoms with Crippen LogP contribution in [0.5, 0.6) is 5.75 Å². The highest BCUT2D eigenvalue weighted by molar-refractivity contribution is 6.11. The Bertz CT molecular complexity index is 1120. The van der Waals surface area contributed by atoms with Gasteiger partial charge in [-0.15, -0.1) is 0 Å². The third-order valence-corrected chi connectivity index (χ3v) is 4.93. The van der Waals surface area contributed by atoms with Crippen LogP contribution < -0.4 is 10.1 Å². The standard InChI is InChI=1S/C22H22N4O2/c1-14-11-20(25-26(14)2)21(24-15-7-6-8-16(12-15)28-3)22(27)18-13-23-19-10-5-4-9-17(18)19/h4-13,21,23-24H,1-3H3. The summed E-state index contributed by atoms with van der Waals surface area (Å²) < 4.78 is 7.08. The van der Waals surface area contributed by atoms with E-state index in [0.717, 1.165) is 28.0 Å². The van der Waals surface area contributed by atoms with Crippen molar-refractivity contribution in [2.45, 2.75) is 13.0 Å². The van der Waals surface area contributed by atoms with Crippen LogP contribution in [0.1, 0.15) is 27.8 Å². The molecule has 1 unspecified atom stereocenters. The highest BCUT2D eigenvalue weighted by Gasteiger charge is 2.27. The van der Waals surface area contributed by atoms with Crippen LogP contribution in [0.15, 0.2) is 60.8 Å². The fourth-order valence-corrected chi connectivity index (χ4v) is 3.31. The van der Waals surface area contributed by atoms with E-state index in [-0.39, 0.29) is 5.78 Å². The number of anilines is 1. The predicted octanol–water partition coefficient (Wildman–Crippen LogP) is 4.25. The number of ketones is 1. The van der Waals surface area contributed by atoms with Gasteiger partial charge in [0.15, 0.2) is 5.78 Å². The summed E-state index contributed by atoms with van der Waals surface area (Å²) >= 11 is 0. The third kappa shape index (κ3) is 3.24. The average Bonchev–Trinajstić information content (AvgIpc) is 3.29. The number of carbonyl (C=O) groups excluding carboxylic acids is 1. The van der Waals surface area contributed by atoms with Gasteiger partial charge in [-0.05, 0) is 31.2 Å². The Hall–Kier alpha value is -3.54. The first-order valence-electron chi connectivity index (χ1n) is 9.08. The van der Waals surface area contributed by atoms with Crippen LogP contribution in [0.3, 0.4) is 0 Å². The van der Waals surface area contributed by atoms with Gasteiger partial charge in [0.05, 0.1) is 12.8 Å².